The van der Waals surface area contributed by atoms with Gasteiger partial charge in [-0.1, -0.05) is 24.1 Å². The van der Waals surface area contributed by atoms with Gasteiger partial charge in [-0.25, -0.2) is 23.4 Å². The summed E-state index contributed by atoms with van der Waals surface area (Å²) in [7, 11) is 1.29. The SMILES string of the molecule is COC(=O)C1=C(CN2CCN3C(=O)N(c4ccc(OC5CCCCC5)cc4F)C[C@@H]3C2)NC(c2nccs2)=N[C@H]1c1ccc(F)cc1Cl. The van der Waals surface area contributed by atoms with Gasteiger partial charge in [-0.15, -0.1) is 11.3 Å². The second-order valence-electron chi connectivity index (χ2n) is 12.4. The molecule has 7 rings (SSSR count). The minimum Gasteiger partial charge on any atom is -0.490 e. The number of nitrogens with zero attached hydrogens (tertiary/aromatic N) is 5. The second-order valence-corrected chi connectivity index (χ2v) is 13.7. The Morgan fingerprint density at radius 1 is 1.10 bits per heavy atom. The minimum absolute atomic E-state index is 0.0951. The number of hydrogen-bond acceptors (Lipinski definition) is 9. The van der Waals surface area contributed by atoms with Crippen molar-refractivity contribution in [3.63, 3.8) is 0 Å². The number of anilines is 1. The summed E-state index contributed by atoms with van der Waals surface area (Å²) in [5.41, 5.74) is 1.47. The van der Waals surface area contributed by atoms with Gasteiger partial charge in [0.25, 0.3) is 0 Å². The maximum absolute atomic E-state index is 15.4. The van der Waals surface area contributed by atoms with Crippen LogP contribution in [0.15, 0.2) is 64.2 Å². The zero-order chi connectivity index (χ0) is 33.4. The number of urea groups is 1. The Kier molecular flexibility index (Phi) is 9.34. The zero-order valence-corrected chi connectivity index (χ0v) is 27.9. The third-order valence-corrected chi connectivity index (χ3v) is 10.4. The van der Waals surface area contributed by atoms with Crippen LogP contribution in [0, 0.1) is 11.6 Å². The summed E-state index contributed by atoms with van der Waals surface area (Å²) in [6, 6.07) is 7.40. The first-order chi connectivity index (χ1) is 23.3. The van der Waals surface area contributed by atoms with Gasteiger partial charge in [0, 0.05) is 66.7 Å². The van der Waals surface area contributed by atoms with Gasteiger partial charge in [-0.05, 0) is 49.9 Å². The smallest absolute Gasteiger partial charge is 0.338 e. The summed E-state index contributed by atoms with van der Waals surface area (Å²) >= 11 is 7.87. The van der Waals surface area contributed by atoms with E-state index in [0.717, 1.165) is 25.7 Å². The third kappa shape index (κ3) is 6.50. The highest BCUT2D eigenvalue weighted by atomic mass is 35.5. The third-order valence-electron chi connectivity index (χ3n) is 9.31. The molecule has 14 heteroatoms. The Labute approximate surface area is 286 Å². The molecule has 1 N–H and O–H groups in total. The molecule has 2 atom stereocenters. The van der Waals surface area contributed by atoms with Crippen molar-refractivity contribution in [3.05, 3.63) is 86.5 Å². The highest BCUT2D eigenvalue weighted by molar-refractivity contribution is 7.11. The van der Waals surface area contributed by atoms with Crippen molar-refractivity contribution < 1.29 is 27.8 Å². The van der Waals surface area contributed by atoms with E-state index in [0.29, 0.717) is 60.6 Å². The summed E-state index contributed by atoms with van der Waals surface area (Å²) < 4.78 is 40.7. The topological polar surface area (TPSA) is 99.6 Å². The molecule has 3 fully saturated rings. The number of hydrogen-bond donors (Lipinski definition) is 1. The van der Waals surface area contributed by atoms with Crippen LogP contribution in [0.4, 0.5) is 19.3 Å². The number of benzene rings is 2. The molecule has 0 bridgehead atoms. The van der Waals surface area contributed by atoms with Crippen LogP contribution in [-0.2, 0) is 9.53 Å². The second kappa shape index (κ2) is 13.8. The lowest BCUT2D eigenvalue weighted by molar-refractivity contribution is -0.136. The van der Waals surface area contributed by atoms with Crippen molar-refractivity contribution in [2.45, 2.75) is 50.3 Å². The number of amides is 2. The largest absolute Gasteiger partial charge is 0.490 e. The van der Waals surface area contributed by atoms with Gasteiger partial charge in [0.2, 0.25) is 0 Å². The number of rotatable bonds is 8. The summed E-state index contributed by atoms with van der Waals surface area (Å²) in [4.78, 5) is 41.4. The fourth-order valence-electron chi connectivity index (χ4n) is 6.96. The summed E-state index contributed by atoms with van der Waals surface area (Å²) in [5, 5.41) is 5.87. The molecule has 0 unspecified atom stereocenters. The number of fused-ring (bicyclic) bond motifs is 1. The van der Waals surface area contributed by atoms with Gasteiger partial charge in [-0.2, -0.15) is 0 Å². The number of piperazine rings is 1. The Morgan fingerprint density at radius 3 is 2.67 bits per heavy atom. The quantitative estimate of drug-likeness (QED) is 0.292. The molecule has 1 aromatic heterocycles. The number of carbonyl (C=O) groups excluding carboxylic acids is 2. The van der Waals surface area contributed by atoms with Crippen LogP contribution in [0.1, 0.15) is 48.7 Å². The predicted molar refractivity (Wildman–Crippen MR) is 179 cm³/mol. The van der Waals surface area contributed by atoms with E-state index in [-0.39, 0.29) is 34.5 Å². The van der Waals surface area contributed by atoms with Crippen molar-refractivity contribution >= 4 is 46.5 Å². The molecule has 2 amide bonds. The van der Waals surface area contributed by atoms with Crippen LogP contribution in [-0.4, -0.2) is 84.6 Å². The number of esters is 1. The van der Waals surface area contributed by atoms with Crippen LogP contribution < -0.4 is 15.0 Å². The van der Waals surface area contributed by atoms with Crippen LogP contribution in [0.3, 0.4) is 0 Å². The molecule has 1 saturated carbocycles. The van der Waals surface area contributed by atoms with Crippen molar-refractivity contribution in [2.75, 3.05) is 44.7 Å². The lowest BCUT2D eigenvalue weighted by Crippen LogP contribution is -2.53. The molecule has 0 radical (unpaired) electrons. The van der Waals surface area contributed by atoms with E-state index in [2.05, 4.69) is 15.2 Å². The van der Waals surface area contributed by atoms with Crippen LogP contribution >= 0.6 is 22.9 Å². The number of halogens is 3. The summed E-state index contributed by atoms with van der Waals surface area (Å²) in [6.07, 6.45) is 7.12. The minimum atomic E-state index is -0.876. The molecule has 3 aromatic rings. The van der Waals surface area contributed by atoms with Gasteiger partial charge >= 0.3 is 12.0 Å². The van der Waals surface area contributed by atoms with Crippen molar-refractivity contribution in [1.82, 2.24) is 20.1 Å². The van der Waals surface area contributed by atoms with E-state index in [1.54, 1.807) is 23.2 Å². The van der Waals surface area contributed by atoms with Gasteiger partial charge < -0.3 is 19.7 Å². The molecule has 2 aromatic carbocycles. The Hall–Kier alpha value is -4.07. The van der Waals surface area contributed by atoms with Gasteiger partial charge in [0.1, 0.15) is 17.6 Å². The molecular formula is C34H35ClF2N6O4S. The number of nitrogens with one attached hydrogen (secondary N) is 1. The number of ether oxygens (including phenoxy) is 2. The highest BCUT2D eigenvalue weighted by Gasteiger charge is 2.43. The number of aliphatic imine (C=N–C) groups is 1. The molecular weight excluding hydrogens is 662 g/mol. The summed E-state index contributed by atoms with van der Waals surface area (Å²) in [5.74, 6) is -0.670. The first-order valence-electron chi connectivity index (χ1n) is 16.1. The Bertz CT molecular complexity index is 1770. The van der Waals surface area contributed by atoms with E-state index in [9.17, 15) is 14.0 Å². The van der Waals surface area contributed by atoms with Gasteiger partial charge in [-0.3, -0.25) is 14.8 Å². The number of methoxy groups -OCH3 is 1. The molecule has 2 saturated heterocycles. The van der Waals surface area contributed by atoms with Gasteiger partial charge in [0.15, 0.2) is 16.7 Å². The first-order valence-corrected chi connectivity index (χ1v) is 17.3. The highest BCUT2D eigenvalue weighted by Crippen LogP contribution is 2.38. The monoisotopic (exact) mass is 696 g/mol. The van der Waals surface area contributed by atoms with Crippen molar-refractivity contribution in [2.24, 2.45) is 4.99 Å². The molecule has 252 valence electrons. The van der Waals surface area contributed by atoms with E-state index >= 15 is 4.39 Å². The number of thiazole rings is 1. The maximum Gasteiger partial charge on any atom is 0.338 e. The molecule has 4 aliphatic rings. The molecule has 0 spiro atoms. The van der Waals surface area contributed by atoms with Crippen molar-refractivity contribution in [3.8, 4) is 5.75 Å². The normalized spacial score (nSPS) is 22.0. The Balaban J connectivity index is 1.11. The number of aromatic nitrogens is 1. The lowest BCUT2D eigenvalue weighted by Gasteiger charge is -2.38. The van der Waals surface area contributed by atoms with Crippen molar-refractivity contribution in [1.29, 1.82) is 0 Å². The maximum atomic E-state index is 15.4. The van der Waals surface area contributed by atoms with E-state index < -0.39 is 23.6 Å². The van der Waals surface area contributed by atoms with E-state index in [1.807, 2.05) is 5.38 Å². The standard InChI is InChI=1S/C34H35ClF2N6O4S/c1-46-33(44)29-27(39-31(32-38-11-14-48-32)40-30(29)24-9-7-20(36)15-25(24)35)19-41-12-13-42-21(17-41)18-43(34(42)45)28-10-8-23(16-26(28)37)47-22-5-3-2-4-6-22/h7-11,14-16,21-22,30H,2-6,12-13,17-19H2,1H3,(H,39,40)/t21-,30-/m0/s1. The summed E-state index contributed by atoms with van der Waals surface area (Å²) in [6.45, 7) is 2.03. The average Bonchev–Trinajstić information content (AvgIpc) is 3.73. The fraction of sp³-hybridized carbons (Fsp3) is 0.412. The zero-order valence-electron chi connectivity index (χ0n) is 26.3. The lowest BCUT2D eigenvalue weighted by atomic mass is 9.95. The molecule has 10 nitrogen and oxygen atoms in total. The fourth-order valence-corrected chi connectivity index (χ4v) is 7.82. The predicted octanol–water partition coefficient (Wildman–Crippen LogP) is 5.93. The average molecular weight is 697 g/mol. The molecule has 3 aliphatic heterocycles. The van der Waals surface area contributed by atoms with E-state index in [1.165, 1.54) is 54.0 Å². The van der Waals surface area contributed by atoms with Crippen LogP contribution in [0.2, 0.25) is 5.02 Å². The molecule has 48 heavy (non-hydrogen) atoms. The molecule has 1 aliphatic carbocycles. The molecule has 4 heterocycles. The van der Waals surface area contributed by atoms with E-state index in [4.69, 9.17) is 26.1 Å². The number of amidine groups is 1. The Morgan fingerprint density at radius 2 is 1.94 bits per heavy atom. The van der Waals surface area contributed by atoms with Gasteiger partial charge in [0.05, 0.1) is 30.5 Å². The number of carbonyl (C=O) groups is 2. The first kappa shape index (κ1) is 32.5. The van der Waals surface area contributed by atoms with Crippen LogP contribution in [0.25, 0.3) is 0 Å². The van der Waals surface area contributed by atoms with Crippen LogP contribution in [0.5, 0.6) is 5.75 Å².